The van der Waals surface area contributed by atoms with Gasteiger partial charge in [-0.2, -0.15) is 11.3 Å². The Hall–Kier alpha value is -0.380. The Morgan fingerprint density at radius 2 is 2.19 bits per heavy atom. The maximum atomic E-state index is 6.12. The van der Waals surface area contributed by atoms with Crippen LogP contribution in [0.3, 0.4) is 0 Å². The van der Waals surface area contributed by atoms with Crippen LogP contribution in [0.5, 0.6) is 0 Å². The Morgan fingerprint density at radius 1 is 1.37 bits per heavy atom. The highest BCUT2D eigenvalue weighted by molar-refractivity contribution is 14.0. The summed E-state index contributed by atoms with van der Waals surface area (Å²) in [7, 11) is 1.88. The van der Waals surface area contributed by atoms with Gasteiger partial charge >= 0.3 is 0 Å². The van der Waals surface area contributed by atoms with Crippen molar-refractivity contribution < 1.29 is 9.47 Å². The van der Waals surface area contributed by atoms with Crippen LogP contribution in [-0.4, -0.2) is 63.0 Å². The van der Waals surface area contributed by atoms with Gasteiger partial charge in [0.15, 0.2) is 5.96 Å². The number of hydrogen-bond acceptors (Lipinski definition) is 4. The molecular formula is C20H34IN3O2S. The van der Waals surface area contributed by atoms with Crippen LogP contribution in [0.2, 0.25) is 0 Å². The lowest BCUT2D eigenvalue weighted by Gasteiger charge is -2.35. The molecule has 3 heterocycles. The highest BCUT2D eigenvalue weighted by atomic mass is 127. The lowest BCUT2D eigenvalue weighted by atomic mass is 10.1. The van der Waals surface area contributed by atoms with Crippen molar-refractivity contribution in [2.24, 2.45) is 4.99 Å². The van der Waals surface area contributed by atoms with Crippen molar-refractivity contribution in [1.82, 2.24) is 10.2 Å². The molecule has 2 atom stereocenters. The zero-order valence-corrected chi connectivity index (χ0v) is 19.7. The van der Waals surface area contributed by atoms with Crippen LogP contribution in [0, 0.1) is 0 Å². The van der Waals surface area contributed by atoms with E-state index in [1.54, 1.807) is 11.3 Å². The zero-order chi connectivity index (χ0) is 18.2. The molecule has 1 N–H and O–H groups in total. The SMILES string of the molecule is CN=C(NCC(C)c1ccsc1)N1CCC(OCC2CCCCO2)CC1.I. The minimum Gasteiger partial charge on any atom is -0.376 e. The van der Waals surface area contributed by atoms with Gasteiger partial charge in [-0.05, 0) is 60.4 Å². The predicted octanol–water partition coefficient (Wildman–Crippen LogP) is 4.10. The highest BCUT2D eigenvalue weighted by Crippen LogP contribution is 2.19. The molecule has 0 radical (unpaired) electrons. The summed E-state index contributed by atoms with van der Waals surface area (Å²) in [6.45, 7) is 6.84. The van der Waals surface area contributed by atoms with Crippen molar-refractivity contribution in [2.45, 2.75) is 57.2 Å². The van der Waals surface area contributed by atoms with E-state index in [-0.39, 0.29) is 24.0 Å². The van der Waals surface area contributed by atoms with Gasteiger partial charge in [-0.25, -0.2) is 0 Å². The first-order chi connectivity index (χ1) is 12.8. The molecule has 0 spiro atoms. The Bertz CT molecular complexity index is 541. The van der Waals surface area contributed by atoms with Crippen LogP contribution in [0.4, 0.5) is 0 Å². The fourth-order valence-corrected chi connectivity index (χ4v) is 4.45. The average Bonchev–Trinajstić information content (AvgIpc) is 3.23. The normalized spacial score (nSPS) is 23.0. The molecule has 0 amide bonds. The first-order valence-corrected chi connectivity index (χ1v) is 10.9. The summed E-state index contributed by atoms with van der Waals surface area (Å²) in [6.07, 6.45) is 6.43. The standard InChI is InChI=1S/C20H33N3O2S.HI/c1-16(17-8-12-26-15-17)13-22-20(21-2)23-9-6-18(7-10-23)25-14-19-5-3-4-11-24-19;/h8,12,15-16,18-19H,3-7,9-11,13-14H2,1-2H3,(H,21,22);1H. The molecule has 0 bridgehead atoms. The Balaban J connectivity index is 0.00000261. The van der Waals surface area contributed by atoms with Crippen LogP contribution in [0.1, 0.15) is 50.5 Å². The molecule has 1 aromatic heterocycles. The fraction of sp³-hybridized carbons (Fsp3) is 0.750. The van der Waals surface area contributed by atoms with E-state index in [0.717, 1.165) is 58.1 Å². The van der Waals surface area contributed by atoms with Crippen LogP contribution in [0.15, 0.2) is 21.8 Å². The number of likely N-dealkylation sites (tertiary alicyclic amines) is 1. The van der Waals surface area contributed by atoms with Gasteiger partial charge in [-0.15, -0.1) is 24.0 Å². The molecule has 3 rings (SSSR count). The van der Waals surface area contributed by atoms with Crippen molar-refractivity contribution in [3.05, 3.63) is 22.4 Å². The van der Waals surface area contributed by atoms with Crippen LogP contribution in [0.25, 0.3) is 0 Å². The first kappa shape index (κ1) is 22.9. The number of nitrogens with zero attached hydrogens (tertiary/aromatic N) is 2. The Morgan fingerprint density at radius 3 is 2.81 bits per heavy atom. The summed E-state index contributed by atoms with van der Waals surface area (Å²) < 4.78 is 11.9. The number of guanidine groups is 1. The molecule has 154 valence electrons. The number of piperidine rings is 1. The van der Waals surface area contributed by atoms with E-state index in [1.165, 1.54) is 18.4 Å². The van der Waals surface area contributed by atoms with Gasteiger partial charge in [0.25, 0.3) is 0 Å². The minimum absolute atomic E-state index is 0. The number of nitrogens with one attached hydrogen (secondary N) is 1. The van der Waals surface area contributed by atoms with Gasteiger partial charge in [0.2, 0.25) is 0 Å². The molecule has 2 aliphatic heterocycles. The zero-order valence-electron chi connectivity index (χ0n) is 16.6. The largest absolute Gasteiger partial charge is 0.376 e. The first-order valence-electron chi connectivity index (χ1n) is 9.97. The molecule has 5 nitrogen and oxygen atoms in total. The molecule has 2 fully saturated rings. The molecule has 2 aliphatic rings. The summed E-state index contributed by atoms with van der Waals surface area (Å²) in [5.74, 6) is 1.51. The second kappa shape index (κ2) is 12.2. The quantitative estimate of drug-likeness (QED) is 0.358. The second-order valence-corrected chi connectivity index (χ2v) is 8.17. The number of hydrogen-bond donors (Lipinski definition) is 1. The van der Waals surface area contributed by atoms with Gasteiger partial charge in [0.05, 0.1) is 18.8 Å². The Labute approximate surface area is 184 Å². The fourth-order valence-electron chi connectivity index (χ4n) is 3.67. The third kappa shape index (κ3) is 7.18. The molecule has 7 heteroatoms. The van der Waals surface area contributed by atoms with Gasteiger partial charge in [-0.3, -0.25) is 4.99 Å². The number of thiophene rings is 1. The van der Waals surface area contributed by atoms with Crippen LogP contribution < -0.4 is 5.32 Å². The smallest absolute Gasteiger partial charge is 0.193 e. The molecule has 0 aliphatic carbocycles. The minimum atomic E-state index is 0. The van der Waals surface area contributed by atoms with Crippen molar-refractivity contribution in [2.75, 3.05) is 39.9 Å². The van der Waals surface area contributed by atoms with E-state index >= 15 is 0 Å². The maximum absolute atomic E-state index is 6.12. The summed E-state index contributed by atoms with van der Waals surface area (Å²) in [6, 6.07) is 2.21. The molecule has 2 unspecified atom stereocenters. The molecular weight excluding hydrogens is 473 g/mol. The van der Waals surface area contributed by atoms with E-state index in [0.29, 0.717) is 18.1 Å². The molecule has 0 aromatic carbocycles. The van der Waals surface area contributed by atoms with Gasteiger partial charge in [0.1, 0.15) is 0 Å². The number of aliphatic imine (C=N–C) groups is 1. The number of halogens is 1. The molecule has 27 heavy (non-hydrogen) atoms. The van der Waals surface area contributed by atoms with Gasteiger partial charge in [0, 0.05) is 33.3 Å². The predicted molar refractivity (Wildman–Crippen MR) is 124 cm³/mol. The summed E-state index contributed by atoms with van der Waals surface area (Å²) >= 11 is 1.76. The lowest BCUT2D eigenvalue weighted by molar-refractivity contribution is -0.0721. The number of rotatable bonds is 6. The van der Waals surface area contributed by atoms with Crippen molar-refractivity contribution in [3.8, 4) is 0 Å². The number of ether oxygens (including phenoxy) is 2. The van der Waals surface area contributed by atoms with Crippen molar-refractivity contribution >= 4 is 41.3 Å². The van der Waals surface area contributed by atoms with E-state index in [2.05, 4.69) is 39.0 Å². The van der Waals surface area contributed by atoms with Crippen LogP contribution in [-0.2, 0) is 9.47 Å². The maximum Gasteiger partial charge on any atom is 0.193 e. The monoisotopic (exact) mass is 507 g/mol. The van der Waals surface area contributed by atoms with Gasteiger partial charge in [-0.1, -0.05) is 6.92 Å². The molecule has 0 saturated carbocycles. The third-order valence-electron chi connectivity index (χ3n) is 5.42. The topological polar surface area (TPSA) is 46.1 Å². The van der Waals surface area contributed by atoms with E-state index in [9.17, 15) is 0 Å². The third-order valence-corrected chi connectivity index (χ3v) is 6.13. The lowest BCUT2D eigenvalue weighted by Crippen LogP contribution is -2.48. The van der Waals surface area contributed by atoms with E-state index < -0.39 is 0 Å². The van der Waals surface area contributed by atoms with E-state index in [4.69, 9.17) is 9.47 Å². The molecule has 2 saturated heterocycles. The van der Waals surface area contributed by atoms with Crippen LogP contribution >= 0.6 is 35.3 Å². The summed E-state index contributed by atoms with van der Waals surface area (Å²) in [5, 5.41) is 7.92. The summed E-state index contributed by atoms with van der Waals surface area (Å²) in [5.41, 5.74) is 1.40. The Kier molecular flexibility index (Phi) is 10.4. The highest BCUT2D eigenvalue weighted by Gasteiger charge is 2.24. The van der Waals surface area contributed by atoms with Crippen molar-refractivity contribution in [3.63, 3.8) is 0 Å². The van der Waals surface area contributed by atoms with Crippen molar-refractivity contribution in [1.29, 1.82) is 0 Å². The average molecular weight is 507 g/mol. The second-order valence-electron chi connectivity index (χ2n) is 7.39. The summed E-state index contributed by atoms with van der Waals surface area (Å²) in [4.78, 5) is 6.84. The molecule has 1 aromatic rings. The van der Waals surface area contributed by atoms with Gasteiger partial charge < -0.3 is 19.7 Å². The van der Waals surface area contributed by atoms with E-state index in [1.807, 2.05) is 7.05 Å².